The van der Waals surface area contributed by atoms with E-state index >= 15 is 0 Å². The van der Waals surface area contributed by atoms with Gasteiger partial charge in [-0.25, -0.2) is 0 Å². The first-order valence-corrected chi connectivity index (χ1v) is 6.64. The third-order valence-corrected chi connectivity index (χ3v) is 3.41. The highest BCUT2D eigenvalue weighted by Gasteiger charge is 2.46. The maximum Gasteiger partial charge on any atom is 0.114 e. The number of aliphatic hydroxyl groups excluding tert-OH is 2. The van der Waals surface area contributed by atoms with Crippen molar-refractivity contribution in [3.05, 3.63) is 0 Å². The van der Waals surface area contributed by atoms with Gasteiger partial charge in [0, 0.05) is 0 Å². The molecule has 0 radical (unpaired) electrons. The van der Waals surface area contributed by atoms with Gasteiger partial charge in [-0.1, -0.05) is 0 Å². The predicted molar refractivity (Wildman–Crippen MR) is 61.8 cm³/mol. The summed E-state index contributed by atoms with van der Waals surface area (Å²) in [5, 5.41) is 18.3. The number of epoxide rings is 2. The van der Waals surface area contributed by atoms with E-state index in [-0.39, 0.29) is 25.4 Å². The molecule has 19 heavy (non-hydrogen) atoms. The summed E-state index contributed by atoms with van der Waals surface area (Å²) in [6.45, 7) is 3.83. The van der Waals surface area contributed by atoms with Crippen molar-refractivity contribution in [2.45, 2.75) is 36.6 Å². The van der Waals surface area contributed by atoms with Crippen molar-refractivity contribution < 1.29 is 33.9 Å². The molecule has 0 aliphatic carbocycles. The Labute approximate surface area is 111 Å². The first kappa shape index (κ1) is 13.7. The van der Waals surface area contributed by atoms with Gasteiger partial charge in [-0.05, 0) is 0 Å². The van der Waals surface area contributed by atoms with Gasteiger partial charge in [-0.15, -0.1) is 0 Å². The highest BCUT2D eigenvalue weighted by molar-refractivity contribution is 4.93. The van der Waals surface area contributed by atoms with E-state index in [2.05, 4.69) is 0 Å². The van der Waals surface area contributed by atoms with Crippen molar-refractivity contribution in [1.29, 1.82) is 0 Å². The molecule has 7 heteroatoms. The number of hydrogen-bond acceptors (Lipinski definition) is 7. The van der Waals surface area contributed by atoms with Crippen LogP contribution >= 0.6 is 0 Å². The van der Waals surface area contributed by atoms with Crippen LogP contribution in [0.2, 0.25) is 0 Å². The highest BCUT2D eigenvalue weighted by Crippen LogP contribution is 2.26. The van der Waals surface area contributed by atoms with Gasteiger partial charge < -0.3 is 33.9 Å². The molecule has 2 N–H and O–H groups in total. The Hall–Kier alpha value is -0.280. The van der Waals surface area contributed by atoms with Crippen molar-refractivity contribution in [2.24, 2.45) is 0 Å². The Morgan fingerprint density at radius 3 is 1.53 bits per heavy atom. The lowest BCUT2D eigenvalue weighted by atomic mass is 10.1. The van der Waals surface area contributed by atoms with Crippen LogP contribution in [0.4, 0.5) is 0 Å². The average molecular weight is 276 g/mol. The lowest BCUT2D eigenvalue weighted by molar-refractivity contribution is 0.00205. The molecule has 110 valence electrons. The van der Waals surface area contributed by atoms with Gasteiger partial charge in [-0.3, -0.25) is 0 Å². The fourth-order valence-electron chi connectivity index (χ4n) is 2.12. The molecule has 4 heterocycles. The molecule has 4 aliphatic rings. The summed E-state index contributed by atoms with van der Waals surface area (Å²) in [6, 6.07) is 0. The topological polar surface area (TPSA) is 93.2 Å². The zero-order valence-corrected chi connectivity index (χ0v) is 10.6. The van der Waals surface area contributed by atoms with Crippen molar-refractivity contribution in [2.75, 3.05) is 39.6 Å². The lowest BCUT2D eigenvalue weighted by Gasteiger charge is -2.09. The molecule has 0 aromatic carbocycles. The number of ether oxygens (including phenoxy) is 5. The van der Waals surface area contributed by atoms with Gasteiger partial charge in [-0.2, -0.15) is 0 Å². The minimum Gasteiger partial charge on any atom is -0.388 e. The molecule has 4 saturated heterocycles. The monoisotopic (exact) mass is 276 g/mol. The van der Waals surface area contributed by atoms with Crippen LogP contribution in [0.5, 0.6) is 0 Å². The Bertz CT molecular complexity index is 264. The summed E-state index contributed by atoms with van der Waals surface area (Å²) in [7, 11) is 0. The molecule has 0 aromatic rings. The smallest absolute Gasteiger partial charge is 0.114 e. The molecular formula is C12H20O7. The minimum absolute atomic E-state index is 0.284. The highest BCUT2D eigenvalue weighted by atomic mass is 16.6. The summed E-state index contributed by atoms with van der Waals surface area (Å²) in [5.74, 6) is 0. The molecule has 2 unspecified atom stereocenters. The molecule has 4 aliphatic heterocycles. The number of rotatable bonds is 4. The van der Waals surface area contributed by atoms with E-state index < -0.39 is 12.2 Å². The van der Waals surface area contributed by atoms with Crippen LogP contribution in [0.15, 0.2) is 0 Å². The fraction of sp³-hybridized carbons (Fsp3) is 1.00. The van der Waals surface area contributed by atoms with Crippen LogP contribution in [0, 0.1) is 0 Å². The van der Waals surface area contributed by atoms with Crippen LogP contribution in [-0.2, 0) is 23.7 Å². The van der Waals surface area contributed by atoms with Crippen molar-refractivity contribution in [3.8, 4) is 0 Å². The number of aliphatic hydroxyl groups is 2. The normalized spacial score (nSPS) is 46.4. The SMILES string of the molecule is C(OCC1CO1)C1CO1.O[C@@H]1CO[C@H]2[C@@H]1OC[C@@H]2O. The van der Waals surface area contributed by atoms with Crippen molar-refractivity contribution in [1.82, 2.24) is 0 Å². The summed E-state index contributed by atoms with van der Waals surface area (Å²) < 4.78 is 25.3. The Morgan fingerprint density at radius 2 is 1.16 bits per heavy atom. The summed E-state index contributed by atoms with van der Waals surface area (Å²) >= 11 is 0. The van der Waals surface area contributed by atoms with Crippen LogP contribution in [0.3, 0.4) is 0 Å². The third-order valence-electron chi connectivity index (χ3n) is 3.41. The van der Waals surface area contributed by atoms with Gasteiger partial charge in [0.25, 0.3) is 0 Å². The summed E-state index contributed by atoms with van der Waals surface area (Å²) in [6.07, 6.45) is -0.915. The Morgan fingerprint density at radius 1 is 0.737 bits per heavy atom. The molecule has 4 rings (SSSR count). The van der Waals surface area contributed by atoms with Crippen LogP contribution in [0.25, 0.3) is 0 Å². The molecule has 0 amide bonds. The minimum atomic E-state index is -0.554. The zero-order chi connectivity index (χ0) is 13.2. The van der Waals surface area contributed by atoms with Crippen molar-refractivity contribution in [3.63, 3.8) is 0 Å². The molecular weight excluding hydrogens is 256 g/mol. The average Bonchev–Trinajstić information content (AvgIpc) is 3.31. The molecule has 4 fully saturated rings. The quantitative estimate of drug-likeness (QED) is 0.592. The second-order valence-corrected chi connectivity index (χ2v) is 5.18. The van der Waals surface area contributed by atoms with E-state index in [1.807, 2.05) is 0 Å². The maximum absolute atomic E-state index is 9.16. The van der Waals surface area contributed by atoms with E-state index in [0.717, 1.165) is 26.4 Å². The van der Waals surface area contributed by atoms with E-state index in [9.17, 15) is 0 Å². The van der Waals surface area contributed by atoms with E-state index in [1.54, 1.807) is 0 Å². The Balaban J connectivity index is 0.000000117. The molecule has 6 atom stereocenters. The largest absolute Gasteiger partial charge is 0.388 e. The molecule has 0 bridgehead atoms. The van der Waals surface area contributed by atoms with Crippen LogP contribution in [-0.4, -0.2) is 86.5 Å². The van der Waals surface area contributed by atoms with Crippen LogP contribution < -0.4 is 0 Å². The second-order valence-electron chi connectivity index (χ2n) is 5.18. The summed E-state index contributed by atoms with van der Waals surface area (Å²) in [4.78, 5) is 0. The number of hydrogen-bond donors (Lipinski definition) is 2. The van der Waals surface area contributed by atoms with E-state index in [4.69, 9.17) is 33.9 Å². The predicted octanol–water partition coefficient (Wildman–Crippen LogP) is -1.69. The van der Waals surface area contributed by atoms with E-state index in [0.29, 0.717) is 12.2 Å². The molecule has 0 saturated carbocycles. The maximum atomic E-state index is 9.16. The first-order chi connectivity index (χ1) is 9.24. The fourth-order valence-corrected chi connectivity index (χ4v) is 2.12. The standard InChI is InChI=1S/C6H10O4.C6H10O3/c7-3-1-9-6-4(8)2-10-5(3)6;1(5-3-8-5)7-2-6-4-9-6/h3-8H,1-2H2;5-6H,1-4H2/t3-,4+,5-,6-;/m1./s1. The van der Waals surface area contributed by atoms with Gasteiger partial charge in [0.1, 0.15) is 36.6 Å². The van der Waals surface area contributed by atoms with Crippen molar-refractivity contribution >= 4 is 0 Å². The Kier molecular flexibility index (Phi) is 4.33. The second kappa shape index (κ2) is 6.01. The molecule has 7 nitrogen and oxygen atoms in total. The van der Waals surface area contributed by atoms with Gasteiger partial charge in [0.2, 0.25) is 0 Å². The molecule has 0 aromatic heterocycles. The lowest BCUT2D eigenvalue weighted by Crippen LogP contribution is -2.30. The van der Waals surface area contributed by atoms with Gasteiger partial charge >= 0.3 is 0 Å². The summed E-state index contributed by atoms with van der Waals surface area (Å²) in [5.41, 5.74) is 0. The third kappa shape index (κ3) is 3.85. The first-order valence-electron chi connectivity index (χ1n) is 6.64. The van der Waals surface area contributed by atoms with Crippen LogP contribution in [0.1, 0.15) is 0 Å². The number of fused-ring (bicyclic) bond motifs is 1. The van der Waals surface area contributed by atoms with Gasteiger partial charge in [0.05, 0.1) is 39.6 Å². The zero-order valence-electron chi connectivity index (χ0n) is 10.6. The molecule has 0 spiro atoms. The van der Waals surface area contributed by atoms with E-state index in [1.165, 1.54) is 0 Å². The van der Waals surface area contributed by atoms with Gasteiger partial charge in [0.15, 0.2) is 0 Å².